The third kappa shape index (κ3) is 8.23. The molecule has 0 aliphatic carbocycles. The van der Waals surface area contributed by atoms with Crippen molar-refractivity contribution in [2.45, 2.75) is 39.7 Å². The molecule has 0 aromatic rings. The fourth-order valence-corrected chi connectivity index (χ4v) is 1.04. The van der Waals surface area contributed by atoms with Crippen molar-refractivity contribution in [1.29, 1.82) is 0 Å². The van der Waals surface area contributed by atoms with Crippen molar-refractivity contribution in [2.24, 2.45) is 0 Å². The summed E-state index contributed by atoms with van der Waals surface area (Å²) in [5.74, 6) is -0.143. The lowest BCUT2D eigenvalue weighted by Gasteiger charge is -2.11. The molecule has 0 spiro atoms. The number of hydrogen-bond acceptors (Lipinski definition) is 3. The van der Waals surface area contributed by atoms with Crippen molar-refractivity contribution in [2.75, 3.05) is 19.6 Å². The summed E-state index contributed by atoms with van der Waals surface area (Å²) in [7, 11) is 0. The van der Waals surface area contributed by atoms with Crippen LogP contribution >= 0.6 is 0 Å². The smallest absolute Gasteiger partial charge is 0.234 e. The molecule has 94 valence electrons. The van der Waals surface area contributed by atoms with Crippen LogP contribution in [0.25, 0.3) is 0 Å². The van der Waals surface area contributed by atoms with Crippen LogP contribution < -0.4 is 16.0 Å². The SMILES string of the molecule is CCCNC(=O)CNCC(=O)NC(C)CC. The monoisotopic (exact) mass is 229 g/mol. The molecule has 2 amide bonds. The number of carbonyl (C=O) groups is 2. The first kappa shape index (κ1) is 14.9. The van der Waals surface area contributed by atoms with E-state index in [1.54, 1.807) is 0 Å². The van der Waals surface area contributed by atoms with Gasteiger partial charge in [-0.05, 0) is 19.8 Å². The zero-order valence-corrected chi connectivity index (χ0v) is 10.4. The van der Waals surface area contributed by atoms with Crippen molar-refractivity contribution in [3.05, 3.63) is 0 Å². The molecule has 1 unspecified atom stereocenters. The van der Waals surface area contributed by atoms with Gasteiger partial charge < -0.3 is 10.6 Å². The molecule has 0 heterocycles. The first-order chi connectivity index (χ1) is 7.60. The molecule has 0 rings (SSSR count). The zero-order valence-electron chi connectivity index (χ0n) is 10.4. The molecule has 5 heteroatoms. The van der Waals surface area contributed by atoms with E-state index in [2.05, 4.69) is 16.0 Å². The molecule has 1 atom stereocenters. The molecule has 0 saturated carbocycles. The first-order valence-corrected chi connectivity index (χ1v) is 5.86. The van der Waals surface area contributed by atoms with Crippen molar-refractivity contribution < 1.29 is 9.59 Å². The molecule has 0 fully saturated rings. The summed E-state index contributed by atoms with van der Waals surface area (Å²) < 4.78 is 0. The van der Waals surface area contributed by atoms with Crippen LogP contribution in [0.2, 0.25) is 0 Å². The molecule has 0 aliphatic heterocycles. The average molecular weight is 229 g/mol. The van der Waals surface area contributed by atoms with E-state index in [0.29, 0.717) is 6.54 Å². The lowest BCUT2D eigenvalue weighted by molar-refractivity contribution is -0.121. The van der Waals surface area contributed by atoms with E-state index in [1.807, 2.05) is 20.8 Å². The zero-order chi connectivity index (χ0) is 12.4. The van der Waals surface area contributed by atoms with Crippen molar-refractivity contribution >= 4 is 11.8 Å². The van der Waals surface area contributed by atoms with Gasteiger partial charge in [-0.25, -0.2) is 0 Å². The van der Waals surface area contributed by atoms with E-state index in [4.69, 9.17) is 0 Å². The maximum Gasteiger partial charge on any atom is 0.234 e. The molecule has 0 aliphatic rings. The second-order valence-electron chi connectivity index (χ2n) is 3.83. The van der Waals surface area contributed by atoms with Gasteiger partial charge in [0.1, 0.15) is 0 Å². The van der Waals surface area contributed by atoms with Gasteiger partial charge in [0.2, 0.25) is 11.8 Å². The Morgan fingerprint density at radius 1 is 1.12 bits per heavy atom. The van der Waals surface area contributed by atoms with Gasteiger partial charge in [-0.1, -0.05) is 13.8 Å². The normalized spacial score (nSPS) is 11.9. The third-order valence-electron chi connectivity index (χ3n) is 2.16. The van der Waals surface area contributed by atoms with Crippen molar-refractivity contribution in [3.63, 3.8) is 0 Å². The Labute approximate surface area is 97.4 Å². The summed E-state index contributed by atoms with van der Waals surface area (Å²) in [6.45, 7) is 7.01. The van der Waals surface area contributed by atoms with Crippen LogP contribution in [0, 0.1) is 0 Å². The first-order valence-electron chi connectivity index (χ1n) is 5.86. The van der Waals surface area contributed by atoms with Gasteiger partial charge in [-0.15, -0.1) is 0 Å². The molecule has 0 aromatic heterocycles. The second kappa shape index (κ2) is 9.15. The standard InChI is InChI=1S/C11H23N3O2/c1-4-6-13-10(15)7-12-8-11(16)14-9(3)5-2/h9,12H,4-8H2,1-3H3,(H,13,15)(H,14,16). The maximum atomic E-state index is 11.3. The summed E-state index contributed by atoms with van der Waals surface area (Å²) in [4.78, 5) is 22.5. The molecule has 16 heavy (non-hydrogen) atoms. The molecule has 0 aromatic carbocycles. The van der Waals surface area contributed by atoms with Crippen LogP contribution in [0.15, 0.2) is 0 Å². The molecular formula is C11H23N3O2. The van der Waals surface area contributed by atoms with E-state index >= 15 is 0 Å². The lowest BCUT2D eigenvalue weighted by atomic mass is 10.2. The van der Waals surface area contributed by atoms with Crippen LogP contribution in [-0.2, 0) is 9.59 Å². The highest BCUT2D eigenvalue weighted by atomic mass is 16.2. The fourth-order valence-electron chi connectivity index (χ4n) is 1.04. The highest BCUT2D eigenvalue weighted by Crippen LogP contribution is 1.86. The average Bonchev–Trinajstić information content (AvgIpc) is 2.26. The second-order valence-corrected chi connectivity index (χ2v) is 3.83. The van der Waals surface area contributed by atoms with E-state index in [-0.39, 0.29) is 30.9 Å². The Morgan fingerprint density at radius 3 is 2.31 bits per heavy atom. The fraction of sp³-hybridized carbons (Fsp3) is 0.818. The number of hydrogen-bond donors (Lipinski definition) is 3. The Hall–Kier alpha value is -1.10. The lowest BCUT2D eigenvalue weighted by Crippen LogP contribution is -2.42. The maximum absolute atomic E-state index is 11.3. The summed E-state index contributed by atoms with van der Waals surface area (Å²) in [6.07, 6.45) is 1.82. The third-order valence-corrected chi connectivity index (χ3v) is 2.16. The van der Waals surface area contributed by atoms with Gasteiger partial charge in [0.15, 0.2) is 0 Å². The number of rotatable bonds is 8. The van der Waals surface area contributed by atoms with Gasteiger partial charge in [0.05, 0.1) is 13.1 Å². The van der Waals surface area contributed by atoms with Crippen molar-refractivity contribution in [1.82, 2.24) is 16.0 Å². The van der Waals surface area contributed by atoms with Crippen LogP contribution in [0.5, 0.6) is 0 Å². The minimum atomic E-state index is -0.0716. The van der Waals surface area contributed by atoms with Gasteiger partial charge in [-0.2, -0.15) is 0 Å². The highest BCUT2D eigenvalue weighted by molar-refractivity contribution is 5.81. The molecule has 0 saturated heterocycles. The Balaban J connectivity index is 3.50. The van der Waals surface area contributed by atoms with E-state index in [0.717, 1.165) is 12.8 Å². The van der Waals surface area contributed by atoms with E-state index in [1.165, 1.54) is 0 Å². The summed E-state index contributed by atoms with van der Waals surface area (Å²) in [5, 5.41) is 8.34. The predicted molar refractivity (Wildman–Crippen MR) is 64.1 cm³/mol. The van der Waals surface area contributed by atoms with Crippen LogP contribution in [-0.4, -0.2) is 37.5 Å². The van der Waals surface area contributed by atoms with Gasteiger partial charge in [0, 0.05) is 12.6 Å². The number of carbonyl (C=O) groups excluding carboxylic acids is 2. The number of nitrogens with one attached hydrogen (secondary N) is 3. The molecule has 5 nitrogen and oxygen atoms in total. The minimum absolute atomic E-state index is 0.0711. The van der Waals surface area contributed by atoms with Gasteiger partial charge in [0.25, 0.3) is 0 Å². The highest BCUT2D eigenvalue weighted by Gasteiger charge is 2.05. The quantitative estimate of drug-likeness (QED) is 0.549. The summed E-state index contributed by atoms with van der Waals surface area (Å²) in [6, 6.07) is 0.184. The topological polar surface area (TPSA) is 70.2 Å². The summed E-state index contributed by atoms with van der Waals surface area (Å²) >= 11 is 0. The van der Waals surface area contributed by atoms with E-state index < -0.39 is 0 Å². The van der Waals surface area contributed by atoms with E-state index in [9.17, 15) is 9.59 Å². The van der Waals surface area contributed by atoms with Crippen LogP contribution in [0.4, 0.5) is 0 Å². The van der Waals surface area contributed by atoms with Crippen molar-refractivity contribution in [3.8, 4) is 0 Å². The Bertz CT molecular complexity index is 219. The molecule has 0 bridgehead atoms. The Kier molecular flexibility index (Phi) is 8.52. The van der Waals surface area contributed by atoms with Gasteiger partial charge >= 0.3 is 0 Å². The van der Waals surface area contributed by atoms with Gasteiger partial charge in [-0.3, -0.25) is 14.9 Å². The molecule has 3 N–H and O–H groups in total. The van der Waals surface area contributed by atoms with Crippen LogP contribution in [0.1, 0.15) is 33.6 Å². The molecule has 0 radical (unpaired) electrons. The summed E-state index contributed by atoms with van der Waals surface area (Å²) in [5.41, 5.74) is 0. The minimum Gasteiger partial charge on any atom is -0.355 e. The Morgan fingerprint density at radius 2 is 1.75 bits per heavy atom. The number of amides is 2. The molecular weight excluding hydrogens is 206 g/mol. The van der Waals surface area contributed by atoms with Crippen LogP contribution in [0.3, 0.4) is 0 Å². The largest absolute Gasteiger partial charge is 0.355 e. The predicted octanol–water partition coefficient (Wildman–Crippen LogP) is 0.0169.